The van der Waals surface area contributed by atoms with Gasteiger partial charge in [0.15, 0.2) is 11.5 Å². The molecule has 0 aliphatic carbocycles. The Morgan fingerprint density at radius 3 is 2.79 bits per heavy atom. The lowest BCUT2D eigenvalue weighted by atomic mass is 10.2. The summed E-state index contributed by atoms with van der Waals surface area (Å²) in [6.45, 7) is 2.40. The third-order valence-corrected chi connectivity index (χ3v) is 2.77. The van der Waals surface area contributed by atoms with Gasteiger partial charge in [-0.1, -0.05) is 0 Å². The fraction of sp³-hybridized carbons (Fsp3) is 0.308. The molecule has 0 saturated carbocycles. The van der Waals surface area contributed by atoms with Crippen molar-refractivity contribution in [2.75, 3.05) is 14.1 Å². The molecule has 0 fully saturated rings. The molecule has 0 unspecified atom stereocenters. The van der Waals surface area contributed by atoms with Crippen LogP contribution in [0.25, 0.3) is 5.82 Å². The van der Waals surface area contributed by atoms with Crippen molar-refractivity contribution in [2.24, 2.45) is 5.73 Å². The van der Waals surface area contributed by atoms with Gasteiger partial charge in [-0.15, -0.1) is 0 Å². The molecule has 0 spiro atoms. The van der Waals surface area contributed by atoms with E-state index in [4.69, 9.17) is 5.73 Å². The van der Waals surface area contributed by atoms with Gasteiger partial charge in [0.05, 0.1) is 0 Å². The number of hydrogen-bond acceptors (Lipinski definition) is 4. The highest BCUT2D eigenvalue weighted by molar-refractivity contribution is 5.91. The van der Waals surface area contributed by atoms with Gasteiger partial charge in [0.25, 0.3) is 5.91 Å². The van der Waals surface area contributed by atoms with E-state index in [-0.39, 0.29) is 5.91 Å². The van der Waals surface area contributed by atoms with Crippen LogP contribution in [0.2, 0.25) is 0 Å². The van der Waals surface area contributed by atoms with Crippen molar-refractivity contribution in [1.29, 1.82) is 0 Å². The predicted molar refractivity (Wildman–Crippen MR) is 72.0 cm³/mol. The molecule has 1 amide bonds. The summed E-state index contributed by atoms with van der Waals surface area (Å²) in [5, 5.41) is 4.25. The van der Waals surface area contributed by atoms with E-state index in [1.165, 1.54) is 4.90 Å². The summed E-state index contributed by atoms with van der Waals surface area (Å²) in [6.07, 6.45) is 3.45. The first kappa shape index (κ1) is 13.2. The predicted octanol–water partition coefficient (Wildman–Crippen LogP) is 0.736. The fourth-order valence-electron chi connectivity index (χ4n) is 1.76. The van der Waals surface area contributed by atoms with E-state index in [0.29, 0.717) is 18.1 Å². The van der Waals surface area contributed by atoms with Crippen LogP contribution in [0.1, 0.15) is 21.6 Å². The normalized spacial score (nSPS) is 10.5. The van der Waals surface area contributed by atoms with Gasteiger partial charge < -0.3 is 10.6 Å². The number of amides is 1. The first-order chi connectivity index (χ1) is 9.02. The van der Waals surface area contributed by atoms with Gasteiger partial charge in [-0.25, -0.2) is 9.67 Å². The Morgan fingerprint density at radius 2 is 2.21 bits per heavy atom. The highest BCUT2D eigenvalue weighted by Gasteiger charge is 2.13. The van der Waals surface area contributed by atoms with Crippen molar-refractivity contribution < 1.29 is 4.79 Å². The van der Waals surface area contributed by atoms with Gasteiger partial charge in [-0.05, 0) is 30.2 Å². The van der Waals surface area contributed by atoms with Crippen molar-refractivity contribution in [3.05, 3.63) is 41.3 Å². The standard InChI is InChI=1S/C13H17N5O/c1-9-6-10(7-14)8-15-12(9)18-5-4-11(16-18)13(19)17(2)3/h4-6,8H,7,14H2,1-3H3. The van der Waals surface area contributed by atoms with Crippen LogP contribution in [0.3, 0.4) is 0 Å². The molecule has 2 rings (SSSR count). The van der Waals surface area contributed by atoms with Crippen molar-refractivity contribution in [3.8, 4) is 5.82 Å². The van der Waals surface area contributed by atoms with Crippen molar-refractivity contribution in [2.45, 2.75) is 13.5 Å². The van der Waals surface area contributed by atoms with E-state index in [0.717, 1.165) is 11.1 Å². The number of nitrogens with two attached hydrogens (primary N) is 1. The van der Waals surface area contributed by atoms with Crippen LogP contribution >= 0.6 is 0 Å². The molecule has 0 bridgehead atoms. The molecule has 0 aliphatic rings. The van der Waals surface area contributed by atoms with Gasteiger partial charge in [0.1, 0.15) is 0 Å². The molecule has 6 nitrogen and oxygen atoms in total. The number of aromatic nitrogens is 3. The Balaban J connectivity index is 2.35. The maximum atomic E-state index is 11.8. The maximum Gasteiger partial charge on any atom is 0.273 e. The molecule has 100 valence electrons. The van der Waals surface area contributed by atoms with E-state index < -0.39 is 0 Å². The lowest BCUT2D eigenvalue weighted by Crippen LogP contribution is -2.22. The van der Waals surface area contributed by atoms with Gasteiger partial charge >= 0.3 is 0 Å². The molecule has 0 aliphatic heterocycles. The molecule has 2 N–H and O–H groups in total. The highest BCUT2D eigenvalue weighted by Crippen LogP contribution is 2.12. The lowest BCUT2D eigenvalue weighted by Gasteiger charge is -2.08. The number of nitrogens with zero attached hydrogens (tertiary/aromatic N) is 4. The van der Waals surface area contributed by atoms with Crippen LogP contribution in [0.5, 0.6) is 0 Å². The third kappa shape index (κ3) is 2.63. The number of carbonyl (C=O) groups is 1. The summed E-state index contributed by atoms with van der Waals surface area (Å²) in [7, 11) is 3.39. The maximum absolute atomic E-state index is 11.8. The first-order valence-corrected chi connectivity index (χ1v) is 5.96. The first-order valence-electron chi connectivity index (χ1n) is 5.96. The van der Waals surface area contributed by atoms with Crippen LogP contribution in [0, 0.1) is 6.92 Å². The fourth-order valence-corrected chi connectivity index (χ4v) is 1.76. The average Bonchev–Trinajstić information content (AvgIpc) is 2.86. The molecule has 0 radical (unpaired) electrons. The topological polar surface area (TPSA) is 77.0 Å². The van der Waals surface area contributed by atoms with E-state index in [9.17, 15) is 4.79 Å². The molecule has 2 aromatic heterocycles. The number of rotatable bonds is 3. The van der Waals surface area contributed by atoms with Gasteiger partial charge in [-0.2, -0.15) is 5.10 Å². The summed E-state index contributed by atoms with van der Waals surface area (Å²) in [6, 6.07) is 3.65. The summed E-state index contributed by atoms with van der Waals surface area (Å²) in [5.41, 5.74) is 7.91. The molecule has 2 heterocycles. The van der Waals surface area contributed by atoms with E-state index in [1.54, 1.807) is 37.2 Å². The highest BCUT2D eigenvalue weighted by atomic mass is 16.2. The average molecular weight is 259 g/mol. The monoisotopic (exact) mass is 259 g/mol. The molecular formula is C13H17N5O. The van der Waals surface area contributed by atoms with E-state index in [2.05, 4.69) is 10.1 Å². The minimum atomic E-state index is -0.130. The summed E-state index contributed by atoms with van der Waals surface area (Å²) in [5.74, 6) is 0.574. The van der Waals surface area contributed by atoms with Crippen molar-refractivity contribution in [3.63, 3.8) is 0 Å². The second-order valence-electron chi connectivity index (χ2n) is 4.53. The van der Waals surface area contributed by atoms with E-state index >= 15 is 0 Å². The zero-order chi connectivity index (χ0) is 14.0. The SMILES string of the molecule is Cc1cc(CN)cnc1-n1ccc(C(=O)N(C)C)n1. The molecule has 0 aromatic carbocycles. The zero-order valence-corrected chi connectivity index (χ0v) is 11.3. The Hall–Kier alpha value is -2.21. The Bertz CT molecular complexity index is 603. The largest absolute Gasteiger partial charge is 0.343 e. The Labute approximate surface area is 111 Å². The van der Waals surface area contributed by atoms with Gasteiger partial charge in [0.2, 0.25) is 0 Å². The zero-order valence-electron chi connectivity index (χ0n) is 11.3. The van der Waals surface area contributed by atoms with Gasteiger partial charge in [-0.3, -0.25) is 4.79 Å². The number of pyridine rings is 1. The molecular weight excluding hydrogens is 242 g/mol. The van der Waals surface area contributed by atoms with Crippen LogP contribution in [-0.4, -0.2) is 39.7 Å². The van der Waals surface area contributed by atoms with Crippen LogP contribution in [-0.2, 0) is 6.54 Å². The van der Waals surface area contributed by atoms with Crippen LogP contribution in [0.4, 0.5) is 0 Å². The number of carbonyl (C=O) groups excluding carboxylic acids is 1. The van der Waals surface area contributed by atoms with Crippen LogP contribution in [0.15, 0.2) is 24.5 Å². The molecule has 0 atom stereocenters. The summed E-state index contributed by atoms with van der Waals surface area (Å²) in [4.78, 5) is 17.6. The number of aryl methyl sites for hydroxylation is 1. The van der Waals surface area contributed by atoms with Gasteiger partial charge in [0, 0.05) is 33.0 Å². The molecule has 0 saturated heterocycles. The Morgan fingerprint density at radius 1 is 1.47 bits per heavy atom. The second kappa shape index (κ2) is 5.19. The smallest absolute Gasteiger partial charge is 0.273 e. The quantitative estimate of drug-likeness (QED) is 0.881. The van der Waals surface area contributed by atoms with Crippen molar-refractivity contribution in [1.82, 2.24) is 19.7 Å². The minimum Gasteiger partial charge on any atom is -0.343 e. The molecule has 19 heavy (non-hydrogen) atoms. The van der Waals surface area contributed by atoms with E-state index in [1.807, 2.05) is 13.0 Å². The van der Waals surface area contributed by atoms with Crippen molar-refractivity contribution >= 4 is 5.91 Å². The second-order valence-corrected chi connectivity index (χ2v) is 4.53. The van der Waals surface area contributed by atoms with Crippen LogP contribution < -0.4 is 5.73 Å². The molecule has 2 aromatic rings. The Kier molecular flexibility index (Phi) is 3.62. The minimum absolute atomic E-state index is 0.130. The third-order valence-electron chi connectivity index (χ3n) is 2.77. The summed E-state index contributed by atoms with van der Waals surface area (Å²) >= 11 is 0. The number of hydrogen-bond donors (Lipinski definition) is 1. The molecule has 6 heteroatoms. The lowest BCUT2D eigenvalue weighted by molar-refractivity contribution is 0.0821. The summed E-state index contributed by atoms with van der Waals surface area (Å²) < 4.78 is 1.60.